The largest absolute Gasteiger partial charge is 0.477 e. The summed E-state index contributed by atoms with van der Waals surface area (Å²) in [5, 5.41) is 12.4. The van der Waals surface area contributed by atoms with Crippen molar-refractivity contribution in [2.75, 3.05) is 13.2 Å². The summed E-state index contributed by atoms with van der Waals surface area (Å²) >= 11 is 5.95. The molecule has 0 fully saturated rings. The molecule has 0 saturated carbocycles. The van der Waals surface area contributed by atoms with Crippen LogP contribution in [0, 0.1) is 11.3 Å². The summed E-state index contributed by atoms with van der Waals surface area (Å²) in [6.07, 6.45) is 2.39. The van der Waals surface area contributed by atoms with Crippen LogP contribution in [0.2, 0.25) is 5.02 Å². The van der Waals surface area contributed by atoms with Gasteiger partial charge in [-0.25, -0.2) is 4.98 Å². The molecule has 0 amide bonds. The SMILES string of the molecule is CC(C)NCCCOc1nccc(C#N)c1Cl. The van der Waals surface area contributed by atoms with E-state index >= 15 is 0 Å². The summed E-state index contributed by atoms with van der Waals surface area (Å²) in [5.41, 5.74) is 0.386. The van der Waals surface area contributed by atoms with Crippen LogP contribution < -0.4 is 10.1 Å². The number of nitriles is 1. The van der Waals surface area contributed by atoms with Crippen LogP contribution in [0.4, 0.5) is 0 Å². The van der Waals surface area contributed by atoms with Gasteiger partial charge in [0.25, 0.3) is 0 Å². The third-order valence-corrected chi connectivity index (χ3v) is 2.46. The van der Waals surface area contributed by atoms with Crippen molar-refractivity contribution in [2.45, 2.75) is 26.3 Å². The lowest BCUT2D eigenvalue weighted by molar-refractivity contribution is 0.295. The third-order valence-electron chi connectivity index (χ3n) is 2.09. The van der Waals surface area contributed by atoms with E-state index < -0.39 is 0 Å². The van der Waals surface area contributed by atoms with E-state index in [4.69, 9.17) is 21.6 Å². The number of pyridine rings is 1. The minimum Gasteiger partial charge on any atom is -0.477 e. The Bertz CT molecular complexity index is 401. The van der Waals surface area contributed by atoms with Crippen molar-refractivity contribution >= 4 is 11.6 Å². The maximum atomic E-state index is 8.79. The fourth-order valence-electron chi connectivity index (χ4n) is 1.24. The fourth-order valence-corrected chi connectivity index (χ4v) is 1.45. The van der Waals surface area contributed by atoms with Crippen LogP contribution >= 0.6 is 11.6 Å². The Kier molecular flexibility index (Phi) is 5.75. The molecule has 0 aliphatic heterocycles. The summed E-state index contributed by atoms with van der Waals surface area (Å²) in [7, 11) is 0. The molecule has 4 nitrogen and oxygen atoms in total. The number of hydrogen-bond donors (Lipinski definition) is 1. The summed E-state index contributed by atoms with van der Waals surface area (Å²) in [4.78, 5) is 3.99. The van der Waals surface area contributed by atoms with Crippen LogP contribution in [0.5, 0.6) is 5.88 Å². The molecule has 0 unspecified atom stereocenters. The molecule has 0 radical (unpaired) electrons. The van der Waals surface area contributed by atoms with E-state index in [-0.39, 0.29) is 5.02 Å². The molecule has 1 heterocycles. The number of nitrogens with one attached hydrogen (secondary N) is 1. The Balaban J connectivity index is 2.40. The van der Waals surface area contributed by atoms with Crippen molar-refractivity contribution in [3.63, 3.8) is 0 Å². The Morgan fingerprint density at radius 2 is 2.35 bits per heavy atom. The van der Waals surface area contributed by atoms with E-state index in [1.807, 2.05) is 6.07 Å². The smallest absolute Gasteiger partial charge is 0.233 e. The van der Waals surface area contributed by atoms with Crippen molar-refractivity contribution in [1.82, 2.24) is 10.3 Å². The summed E-state index contributed by atoms with van der Waals surface area (Å²) < 4.78 is 5.43. The predicted octanol–water partition coefficient (Wildman–Crippen LogP) is 2.37. The van der Waals surface area contributed by atoms with Crippen LogP contribution in [0.3, 0.4) is 0 Å². The highest BCUT2D eigenvalue weighted by Gasteiger charge is 2.07. The van der Waals surface area contributed by atoms with Crippen LogP contribution in [0.25, 0.3) is 0 Å². The maximum Gasteiger partial charge on any atom is 0.233 e. The average Bonchev–Trinajstić information content (AvgIpc) is 2.30. The molecule has 5 heteroatoms. The molecule has 0 atom stereocenters. The normalized spacial score (nSPS) is 10.3. The van der Waals surface area contributed by atoms with Gasteiger partial charge in [0.05, 0.1) is 12.2 Å². The lowest BCUT2D eigenvalue weighted by Gasteiger charge is -2.09. The van der Waals surface area contributed by atoms with Gasteiger partial charge in [-0.15, -0.1) is 0 Å². The van der Waals surface area contributed by atoms with Crippen molar-refractivity contribution in [3.8, 4) is 11.9 Å². The molecule has 17 heavy (non-hydrogen) atoms. The Labute approximate surface area is 107 Å². The molecule has 1 aromatic heterocycles. The zero-order valence-corrected chi connectivity index (χ0v) is 10.8. The molecule has 0 aliphatic rings. The van der Waals surface area contributed by atoms with Gasteiger partial charge in [-0.3, -0.25) is 0 Å². The first-order valence-electron chi connectivity index (χ1n) is 5.56. The van der Waals surface area contributed by atoms with E-state index in [9.17, 15) is 0 Å². The van der Waals surface area contributed by atoms with Gasteiger partial charge in [0.1, 0.15) is 11.1 Å². The van der Waals surface area contributed by atoms with Crippen LogP contribution in [-0.2, 0) is 0 Å². The number of aromatic nitrogens is 1. The minimum atomic E-state index is 0.284. The highest BCUT2D eigenvalue weighted by Crippen LogP contribution is 2.24. The van der Waals surface area contributed by atoms with Gasteiger partial charge in [0.15, 0.2) is 0 Å². The lowest BCUT2D eigenvalue weighted by Crippen LogP contribution is -2.24. The predicted molar refractivity (Wildman–Crippen MR) is 67.2 cm³/mol. The van der Waals surface area contributed by atoms with E-state index in [2.05, 4.69) is 24.1 Å². The molecule has 1 aromatic rings. The highest BCUT2D eigenvalue weighted by molar-refractivity contribution is 6.32. The molecular weight excluding hydrogens is 238 g/mol. The van der Waals surface area contributed by atoms with Gasteiger partial charge in [0.2, 0.25) is 5.88 Å². The lowest BCUT2D eigenvalue weighted by atomic mass is 10.3. The average molecular weight is 254 g/mol. The van der Waals surface area contributed by atoms with Crippen LogP contribution in [-0.4, -0.2) is 24.2 Å². The van der Waals surface area contributed by atoms with Crippen LogP contribution in [0.15, 0.2) is 12.3 Å². The van der Waals surface area contributed by atoms with Crippen molar-refractivity contribution in [2.24, 2.45) is 0 Å². The van der Waals surface area contributed by atoms with Crippen molar-refractivity contribution in [3.05, 3.63) is 22.8 Å². The highest BCUT2D eigenvalue weighted by atomic mass is 35.5. The second-order valence-electron chi connectivity index (χ2n) is 3.90. The Morgan fingerprint density at radius 3 is 3.00 bits per heavy atom. The third kappa shape index (κ3) is 4.59. The van der Waals surface area contributed by atoms with E-state index in [0.29, 0.717) is 24.1 Å². The zero-order chi connectivity index (χ0) is 12.7. The maximum absolute atomic E-state index is 8.79. The van der Waals surface area contributed by atoms with Crippen molar-refractivity contribution in [1.29, 1.82) is 5.26 Å². The fraction of sp³-hybridized carbons (Fsp3) is 0.500. The van der Waals surface area contributed by atoms with E-state index in [0.717, 1.165) is 13.0 Å². The minimum absolute atomic E-state index is 0.284. The van der Waals surface area contributed by atoms with Gasteiger partial charge >= 0.3 is 0 Å². The second kappa shape index (κ2) is 7.10. The Hall–Kier alpha value is -1.31. The number of hydrogen-bond acceptors (Lipinski definition) is 4. The molecule has 0 spiro atoms. The molecular formula is C12H16ClN3O. The molecule has 0 aliphatic carbocycles. The van der Waals surface area contributed by atoms with Gasteiger partial charge in [-0.05, 0) is 19.0 Å². The van der Waals surface area contributed by atoms with Gasteiger partial charge in [0, 0.05) is 12.2 Å². The molecule has 0 aromatic carbocycles. The number of nitrogens with zero attached hydrogens (tertiary/aromatic N) is 2. The first-order valence-corrected chi connectivity index (χ1v) is 5.93. The van der Waals surface area contributed by atoms with E-state index in [1.54, 1.807) is 6.07 Å². The van der Waals surface area contributed by atoms with Crippen molar-refractivity contribution < 1.29 is 4.74 Å². The quantitative estimate of drug-likeness (QED) is 0.791. The van der Waals surface area contributed by atoms with Gasteiger partial charge in [-0.1, -0.05) is 25.4 Å². The topological polar surface area (TPSA) is 57.9 Å². The zero-order valence-electron chi connectivity index (χ0n) is 10.0. The standard InChI is InChI=1S/C12H16ClN3O/c1-9(2)15-5-3-7-17-12-11(13)10(8-14)4-6-16-12/h4,6,9,15H,3,5,7H2,1-2H3. The molecule has 1 rings (SSSR count). The summed E-state index contributed by atoms with van der Waals surface area (Å²) in [6, 6.07) is 4.02. The van der Waals surface area contributed by atoms with Gasteiger partial charge in [-0.2, -0.15) is 5.26 Å². The number of rotatable bonds is 6. The Morgan fingerprint density at radius 1 is 1.59 bits per heavy atom. The number of ether oxygens (including phenoxy) is 1. The monoisotopic (exact) mass is 253 g/mol. The van der Waals surface area contributed by atoms with E-state index in [1.165, 1.54) is 6.20 Å². The van der Waals surface area contributed by atoms with Crippen LogP contribution in [0.1, 0.15) is 25.8 Å². The first-order chi connectivity index (χ1) is 8.15. The summed E-state index contributed by atoms with van der Waals surface area (Å²) in [5.74, 6) is 0.329. The molecule has 0 bridgehead atoms. The van der Waals surface area contributed by atoms with Gasteiger partial charge < -0.3 is 10.1 Å². The number of halogens is 1. The summed E-state index contributed by atoms with van der Waals surface area (Å²) in [6.45, 7) is 5.60. The second-order valence-corrected chi connectivity index (χ2v) is 4.28. The first kappa shape index (κ1) is 13.8. The molecule has 0 saturated heterocycles. The molecule has 92 valence electrons. The molecule has 1 N–H and O–H groups in total.